The number of hydrogen-bond acceptors (Lipinski definition) is 4. The van der Waals surface area contributed by atoms with Crippen LogP contribution in [0.2, 0.25) is 5.15 Å². The molecule has 5 heteroatoms. The minimum absolute atomic E-state index is 0.0954. The summed E-state index contributed by atoms with van der Waals surface area (Å²) >= 11 is 5.93. The Kier molecular flexibility index (Phi) is 4.46. The number of nitrogens with one attached hydrogen (secondary N) is 1. The lowest BCUT2D eigenvalue weighted by Gasteiger charge is -2.29. The zero-order valence-electron chi connectivity index (χ0n) is 10.7. The molecule has 1 aromatic rings. The Morgan fingerprint density at radius 3 is 2.41 bits per heavy atom. The standard InChI is InChI=1S/C12H18ClN3O/c1-5-12(4,6-2)16-11-9(7-17)10(13)14-8(3)15-11/h7H,5-6H2,1-4H3,(H,14,15,16). The van der Waals surface area contributed by atoms with Crippen LogP contribution in [-0.4, -0.2) is 21.8 Å². The largest absolute Gasteiger partial charge is 0.364 e. The molecule has 0 aliphatic carbocycles. The number of halogens is 1. The van der Waals surface area contributed by atoms with E-state index in [-0.39, 0.29) is 10.7 Å². The highest BCUT2D eigenvalue weighted by atomic mass is 35.5. The predicted molar refractivity (Wildman–Crippen MR) is 69.8 cm³/mol. The van der Waals surface area contributed by atoms with E-state index in [4.69, 9.17) is 11.6 Å². The molecular weight excluding hydrogens is 238 g/mol. The summed E-state index contributed by atoms with van der Waals surface area (Å²) in [5.74, 6) is 1.07. The fourth-order valence-electron chi connectivity index (χ4n) is 1.46. The third kappa shape index (κ3) is 3.16. The van der Waals surface area contributed by atoms with Crippen molar-refractivity contribution in [1.29, 1.82) is 0 Å². The number of aldehydes is 1. The molecule has 0 saturated heterocycles. The molecule has 0 aromatic carbocycles. The van der Waals surface area contributed by atoms with Gasteiger partial charge in [-0.1, -0.05) is 25.4 Å². The van der Waals surface area contributed by atoms with Gasteiger partial charge in [0.25, 0.3) is 0 Å². The second-order valence-electron chi connectivity index (χ2n) is 4.33. The summed E-state index contributed by atoms with van der Waals surface area (Å²) in [7, 11) is 0. The predicted octanol–water partition coefficient (Wildman–Crippen LogP) is 3.24. The summed E-state index contributed by atoms with van der Waals surface area (Å²) in [5.41, 5.74) is 0.229. The fourth-order valence-corrected chi connectivity index (χ4v) is 1.72. The maximum atomic E-state index is 11.0. The van der Waals surface area contributed by atoms with E-state index in [0.717, 1.165) is 12.8 Å². The lowest BCUT2D eigenvalue weighted by atomic mass is 9.95. The van der Waals surface area contributed by atoms with Crippen molar-refractivity contribution in [3.8, 4) is 0 Å². The van der Waals surface area contributed by atoms with E-state index >= 15 is 0 Å². The monoisotopic (exact) mass is 255 g/mol. The first kappa shape index (κ1) is 13.9. The van der Waals surface area contributed by atoms with Crippen molar-refractivity contribution < 1.29 is 4.79 Å². The van der Waals surface area contributed by atoms with Gasteiger partial charge < -0.3 is 5.32 Å². The Hall–Kier alpha value is -1.16. The van der Waals surface area contributed by atoms with Crippen molar-refractivity contribution in [2.24, 2.45) is 0 Å². The average molecular weight is 256 g/mol. The molecule has 1 N–H and O–H groups in total. The van der Waals surface area contributed by atoms with Gasteiger partial charge in [-0.25, -0.2) is 9.97 Å². The second kappa shape index (κ2) is 5.45. The minimum Gasteiger partial charge on any atom is -0.364 e. The number of carbonyl (C=O) groups excluding carboxylic acids is 1. The smallest absolute Gasteiger partial charge is 0.156 e. The van der Waals surface area contributed by atoms with Gasteiger partial charge in [-0.15, -0.1) is 0 Å². The lowest BCUT2D eigenvalue weighted by Crippen LogP contribution is -2.34. The Bertz CT molecular complexity index is 416. The van der Waals surface area contributed by atoms with Crippen molar-refractivity contribution >= 4 is 23.7 Å². The molecule has 0 bridgehead atoms. The van der Waals surface area contributed by atoms with E-state index in [1.54, 1.807) is 6.92 Å². The highest BCUT2D eigenvalue weighted by Gasteiger charge is 2.22. The van der Waals surface area contributed by atoms with Crippen molar-refractivity contribution in [2.75, 3.05) is 5.32 Å². The fraction of sp³-hybridized carbons (Fsp3) is 0.583. The van der Waals surface area contributed by atoms with Crippen LogP contribution in [-0.2, 0) is 0 Å². The molecule has 1 heterocycles. The van der Waals surface area contributed by atoms with Crippen LogP contribution in [0.3, 0.4) is 0 Å². The van der Waals surface area contributed by atoms with Crippen molar-refractivity contribution in [3.05, 3.63) is 16.5 Å². The average Bonchev–Trinajstić information content (AvgIpc) is 2.28. The Balaban J connectivity index is 3.17. The summed E-state index contributed by atoms with van der Waals surface area (Å²) in [6.45, 7) is 8.02. The molecule has 0 aliphatic heterocycles. The van der Waals surface area contributed by atoms with Gasteiger partial charge in [0.1, 0.15) is 16.8 Å². The van der Waals surface area contributed by atoms with Crippen LogP contribution in [0.25, 0.3) is 0 Å². The molecule has 1 aromatic heterocycles. The van der Waals surface area contributed by atoms with Crippen LogP contribution in [0.4, 0.5) is 5.82 Å². The van der Waals surface area contributed by atoms with Crippen LogP contribution >= 0.6 is 11.6 Å². The topological polar surface area (TPSA) is 54.9 Å². The van der Waals surface area contributed by atoms with E-state index in [2.05, 4.69) is 36.1 Å². The van der Waals surface area contributed by atoms with Gasteiger partial charge in [0.15, 0.2) is 6.29 Å². The van der Waals surface area contributed by atoms with Crippen molar-refractivity contribution in [1.82, 2.24) is 9.97 Å². The second-order valence-corrected chi connectivity index (χ2v) is 4.69. The summed E-state index contributed by atoms with van der Waals surface area (Å²) in [6.07, 6.45) is 2.56. The number of carbonyl (C=O) groups is 1. The molecule has 17 heavy (non-hydrogen) atoms. The molecule has 4 nitrogen and oxygen atoms in total. The Morgan fingerprint density at radius 2 is 1.94 bits per heavy atom. The number of aromatic nitrogens is 2. The van der Waals surface area contributed by atoms with Gasteiger partial charge in [0.2, 0.25) is 0 Å². The van der Waals surface area contributed by atoms with Crippen LogP contribution in [0.5, 0.6) is 0 Å². The van der Waals surface area contributed by atoms with Crippen LogP contribution < -0.4 is 5.32 Å². The summed E-state index contributed by atoms with van der Waals surface area (Å²) < 4.78 is 0. The van der Waals surface area contributed by atoms with E-state index in [0.29, 0.717) is 23.5 Å². The molecule has 0 radical (unpaired) electrons. The first-order valence-corrected chi connectivity index (χ1v) is 6.11. The first-order chi connectivity index (χ1) is 7.95. The highest BCUT2D eigenvalue weighted by Crippen LogP contribution is 2.25. The molecule has 1 rings (SSSR count). The summed E-state index contributed by atoms with van der Waals surface area (Å²) in [6, 6.07) is 0. The van der Waals surface area contributed by atoms with E-state index in [9.17, 15) is 4.79 Å². The maximum Gasteiger partial charge on any atom is 0.156 e. The molecule has 0 atom stereocenters. The third-order valence-corrected chi connectivity index (χ3v) is 3.40. The normalized spacial score (nSPS) is 11.4. The van der Waals surface area contributed by atoms with Crippen LogP contribution in [0, 0.1) is 6.92 Å². The van der Waals surface area contributed by atoms with Gasteiger partial charge >= 0.3 is 0 Å². The number of nitrogens with zero attached hydrogens (tertiary/aromatic N) is 2. The zero-order valence-corrected chi connectivity index (χ0v) is 11.4. The molecule has 94 valence electrons. The molecule has 0 saturated carbocycles. The summed E-state index contributed by atoms with van der Waals surface area (Å²) in [4.78, 5) is 19.2. The van der Waals surface area contributed by atoms with Gasteiger partial charge in [0, 0.05) is 5.54 Å². The Labute approximate surface area is 107 Å². The zero-order chi connectivity index (χ0) is 13.1. The van der Waals surface area contributed by atoms with Crippen LogP contribution in [0.1, 0.15) is 49.8 Å². The highest BCUT2D eigenvalue weighted by molar-refractivity contribution is 6.32. The van der Waals surface area contributed by atoms with Crippen LogP contribution in [0.15, 0.2) is 0 Å². The number of hydrogen-bond donors (Lipinski definition) is 1. The molecule has 0 spiro atoms. The van der Waals surface area contributed by atoms with Crippen molar-refractivity contribution in [3.63, 3.8) is 0 Å². The van der Waals surface area contributed by atoms with Gasteiger partial charge in [0.05, 0.1) is 5.56 Å². The maximum absolute atomic E-state index is 11.0. The molecule has 0 unspecified atom stereocenters. The first-order valence-electron chi connectivity index (χ1n) is 5.73. The van der Waals surface area contributed by atoms with Gasteiger partial charge in [-0.2, -0.15) is 0 Å². The van der Waals surface area contributed by atoms with E-state index in [1.807, 2.05) is 0 Å². The van der Waals surface area contributed by atoms with E-state index < -0.39 is 0 Å². The number of anilines is 1. The Morgan fingerprint density at radius 1 is 1.35 bits per heavy atom. The number of aryl methyl sites for hydroxylation is 1. The number of rotatable bonds is 5. The molecule has 0 aliphatic rings. The minimum atomic E-state index is -0.0954. The van der Waals surface area contributed by atoms with E-state index in [1.165, 1.54) is 0 Å². The SMILES string of the molecule is CCC(C)(CC)Nc1nc(C)nc(Cl)c1C=O. The quantitative estimate of drug-likeness (QED) is 0.648. The molecule has 0 amide bonds. The molecule has 0 fully saturated rings. The van der Waals surface area contributed by atoms with Gasteiger partial charge in [-0.3, -0.25) is 4.79 Å². The molecular formula is C12H18ClN3O. The van der Waals surface area contributed by atoms with Crippen molar-refractivity contribution in [2.45, 2.75) is 46.1 Å². The summed E-state index contributed by atoms with van der Waals surface area (Å²) in [5, 5.41) is 3.49. The lowest BCUT2D eigenvalue weighted by molar-refractivity contribution is 0.112. The van der Waals surface area contributed by atoms with Gasteiger partial charge in [-0.05, 0) is 26.7 Å². The third-order valence-electron chi connectivity index (χ3n) is 3.11.